The third kappa shape index (κ3) is 2.81. The number of carbonyl (C=O) groups is 1. The number of alkyl halides is 1. The maximum Gasteiger partial charge on any atom is 0.262 e. The molecule has 1 atom stereocenters. The molecular weight excluding hydrogens is 359 g/mol. The number of anilines is 2. The Labute approximate surface area is 161 Å². The van der Waals surface area contributed by atoms with Crippen molar-refractivity contribution in [3.63, 3.8) is 0 Å². The van der Waals surface area contributed by atoms with Crippen LogP contribution in [0.5, 0.6) is 0 Å². The molecular formula is C20H19FN6O. The van der Waals surface area contributed by atoms with Crippen LogP contribution >= 0.6 is 0 Å². The molecule has 0 aromatic carbocycles. The number of fused-ring (bicyclic) bond motifs is 1. The molecule has 0 bridgehead atoms. The van der Waals surface area contributed by atoms with Gasteiger partial charge in [-0.25, -0.2) is 14.1 Å². The normalized spacial score (nSPS) is 18.8. The molecule has 0 aliphatic carbocycles. The summed E-state index contributed by atoms with van der Waals surface area (Å²) in [5, 5.41) is 4.57. The zero-order valence-corrected chi connectivity index (χ0v) is 15.4. The highest BCUT2D eigenvalue weighted by atomic mass is 19.1. The molecule has 0 saturated carbocycles. The van der Waals surface area contributed by atoms with E-state index in [1.54, 1.807) is 28.2 Å². The van der Waals surface area contributed by atoms with Gasteiger partial charge in [0.25, 0.3) is 5.91 Å². The Balaban J connectivity index is 1.37. The SMILES string of the molecule is Cc1cc(N2Cc3nn(-c4ccc(N5CC[C@@H](F)C5)nc4)cc3C2=O)ccn1. The summed E-state index contributed by atoms with van der Waals surface area (Å²) >= 11 is 0. The molecule has 1 amide bonds. The molecule has 8 heteroatoms. The van der Waals surface area contributed by atoms with Gasteiger partial charge in [-0.1, -0.05) is 0 Å². The lowest BCUT2D eigenvalue weighted by molar-refractivity contribution is 0.0996. The van der Waals surface area contributed by atoms with Crippen LogP contribution in [0.4, 0.5) is 15.9 Å². The topological polar surface area (TPSA) is 67.2 Å². The van der Waals surface area contributed by atoms with Crippen molar-refractivity contribution >= 4 is 17.4 Å². The van der Waals surface area contributed by atoms with Crippen LogP contribution in [0.2, 0.25) is 0 Å². The number of halogens is 1. The molecule has 3 aromatic rings. The Morgan fingerprint density at radius 3 is 2.75 bits per heavy atom. The van der Waals surface area contributed by atoms with Crippen molar-refractivity contribution in [3.05, 3.63) is 59.8 Å². The highest BCUT2D eigenvalue weighted by Gasteiger charge is 2.32. The standard InChI is InChI=1S/C20H19FN6O/c1-13-8-15(4-6-22-13)26-12-18-17(20(26)28)11-27(24-18)16-2-3-19(23-9-16)25-7-5-14(21)10-25/h2-4,6,8-9,11,14H,5,7,10,12H2,1H3/t14-/m1/s1. The number of pyridine rings is 2. The number of hydrogen-bond donors (Lipinski definition) is 0. The van der Waals surface area contributed by atoms with Gasteiger partial charge in [-0.15, -0.1) is 0 Å². The van der Waals surface area contributed by atoms with Gasteiger partial charge in [0.05, 0.1) is 36.2 Å². The van der Waals surface area contributed by atoms with Gasteiger partial charge in [0.15, 0.2) is 0 Å². The molecule has 3 aromatic heterocycles. The van der Waals surface area contributed by atoms with Gasteiger partial charge in [0.2, 0.25) is 0 Å². The molecule has 1 saturated heterocycles. The van der Waals surface area contributed by atoms with Crippen LogP contribution in [-0.4, -0.2) is 44.9 Å². The molecule has 142 valence electrons. The number of amides is 1. The van der Waals surface area contributed by atoms with E-state index in [0.717, 1.165) is 28.6 Å². The van der Waals surface area contributed by atoms with E-state index in [2.05, 4.69) is 15.1 Å². The van der Waals surface area contributed by atoms with Gasteiger partial charge in [-0.2, -0.15) is 5.10 Å². The highest BCUT2D eigenvalue weighted by Crippen LogP contribution is 2.28. The van der Waals surface area contributed by atoms with E-state index in [0.29, 0.717) is 31.6 Å². The molecule has 0 spiro atoms. The maximum absolute atomic E-state index is 13.4. The van der Waals surface area contributed by atoms with E-state index in [1.807, 2.05) is 36.1 Å². The summed E-state index contributed by atoms with van der Waals surface area (Å²) in [6.45, 7) is 3.40. The summed E-state index contributed by atoms with van der Waals surface area (Å²) in [5.41, 5.74) is 3.79. The second-order valence-electron chi connectivity index (χ2n) is 7.19. The number of nitrogens with zero attached hydrogens (tertiary/aromatic N) is 6. The van der Waals surface area contributed by atoms with Gasteiger partial charge < -0.3 is 9.80 Å². The Kier molecular flexibility index (Phi) is 3.85. The zero-order chi connectivity index (χ0) is 19.3. The largest absolute Gasteiger partial charge is 0.354 e. The van der Waals surface area contributed by atoms with Crippen molar-refractivity contribution in [2.75, 3.05) is 22.9 Å². The molecule has 0 radical (unpaired) electrons. The number of rotatable bonds is 3. The number of aromatic nitrogens is 4. The van der Waals surface area contributed by atoms with Gasteiger partial charge in [-0.3, -0.25) is 9.78 Å². The van der Waals surface area contributed by atoms with E-state index >= 15 is 0 Å². The van der Waals surface area contributed by atoms with Crippen molar-refractivity contribution in [3.8, 4) is 5.69 Å². The van der Waals surface area contributed by atoms with Gasteiger partial charge >= 0.3 is 0 Å². The van der Waals surface area contributed by atoms with E-state index < -0.39 is 6.17 Å². The average Bonchev–Trinajstić information content (AvgIpc) is 3.38. The quantitative estimate of drug-likeness (QED) is 0.701. The van der Waals surface area contributed by atoms with Crippen molar-refractivity contribution in [1.29, 1.82) is 0 Å². The minimum atomic E-state index is -0.784. The molecule has 0 N–H and O–H groups in total. The van der Waals surface area contributed by atoms with Crippen molar-refractivity contribution < 1.29 is 9.18 Å². The lowest BCUT2D eigenvalue weighted by Crippen LogP contribution is -2.24. The van der Waals surface area contributed by atoms with Crippen LogP contribution in [0.15, 0.2) is 42.9 Å². The van der Waals surface area contributed by atoms with Crippen LogP contribution in [0.3, 0.4) is 0 Å². The minimum absolute atomic E-state index is 0.0671. The Morgan fingerprint density at radius 1 is 1.18 bits per heavy atom. The van der Waals surface area contributed by atoms with Gasteiger partial charge in [0, 0.05) is 30.3 Å². The molecule has 5 heterocycles. The first-order chi connectivity index (χ1) is 13.6. The van der Waals surface area contributed by atoms with Crippen molar-refractivity contribution in [2.24, 2.45) is 0 Å². The second kappa shape index (κ2) is 6.40. The molecule has 2 aliphatic heterocycles. The number of carbonyl (C=O) groups excluding carboxylic acids is 1. The number of hydrogen-bond acceptors (Lipinski definition) is 5. The minimum Gasteiger partial charge on any atom is -0.354 e. The Bertz CT molecular complexity index is 1050. The summed E-state index contributed by atoms with van der Waals surface area (Å²) in [4.78, 5) is 25.1. The lowest BCUT2D eigenvalue weighted by Gasteiger charge is -2.17. The number of aryl methyl sites for hydroxylation is 1. The molecule has 5 rings (SSSR count). The van der Waals surface area contributed by atoms with Gasteiger partial charge in [-0.05, 0) is 37.6 Å². The summed E-state index contributed by atoms with van der Waals surface area (Å²) in [6, 6.07) is 7.48. The molecule has 2 aliphatic rings. The summed E-state index contributed by atoms with van der Waals surface area (Å²) in [6.07, 6.45) is 4.92. The van der Waals surface area contributed by atoms with E-state index in [1.165, 1.54) is 0 Å². The van der Waals surface area contributed by atoms with Crippen LogP contribution < -0.4 is 9.80 Å². The maximum atomic E-state index is 13.4. The first kappa shape index (κ1) is 16.9. The van der Waals surface area contributed by atoms with E-state index in [-0.39, 0.29) is 5.91 Å². The Hall–Kier alpha value is -3.29. The first-order valence-electron chi connectivity index (χ1n) is 9.27. The monoisotopic (exact) mass is 378 g/mol. The summed E-state index contributed by atoms with van der Waals surface area (Å²) in [7, 11) is 0. The smallest absolute Gasteiger partial charge is 0.262 e. The van der Waals surface area contributed by atoms with Crippen LogP contribution in [-0.2, 0) is 6.54 Å². The van der Waals surface area contributed by atoms with Gasteiger partial charge in [0.1, 0.15) is 12.0 Å². The van der Waals surface area contributed by atoms with E-state index in [4.69, 9.17) is 0 Å². The summed E-state index contributed by atoms with van der Waals surface area (Å²) < 4.78 is 15.1. The fraction of sp³-hybridized carbons (Fsp3) is 0.300. The molecule has 1 fully saturated rings. The highest BCUT2D eigenvalue weighted by molar-refractivity contribution is 6.09. The lowest BCUT2D eigenvalue weighted by atomic mass is 10.3. The molecule has 7 nitrogen and oxygen atoms in total. The molecule has 28 heavy (non-hydrogen) atoms. The van der Waals surface area contributed by atoms with Crippen LogP contribution in [0, 0.1) is 6.92 Å². The second-order valence-corrected chi connectivity index (χ2v) is 7.19. The predicted octanol–water partition coefficient (Wildman–Crippen LogP) is 2.68. The fourth-order valence-electron chi connectivity index (χ4n) is 3.74. The third-order valence-corrected chi connectivity index (χ3v) is 5.22. The zero-order valence-electron chi connectivity index (χ0n) is 15.4. The van der Waals surface area contributed by atoms with Crippen molar-refractivity contribution in [1.82, 2.24) is 19.7 Å². The van der Waals surface area contributed by atoms with Crippen LogP contribution in [0.25, 0.3) is 5.69 Å². The predicted molar refractivity (Wildman–Crippen MR) is 103 cm³/mol. The summed E-state index contributed by atoms with van der Waals surface area (Å²) in [5.74, 6) is 0.696. The average molecular weight is 378 g/mol. The molecule has 0 unspecified atom stereocenters. The Morgan fingerprint density at radius 2 is 2.07 bits per heavy atom. The van der Waals surface area contributed by atoms with Crippen LogP contribution in [0.1, 0.15) is 28.2 Å². The van der Waals surface area contributed by atoms with Crippen molar-refractivity contribution in [2.45, 2.75) is 26.1 Å². The first-order valence-corrected chi connectivity index (χ1v) is 9.27. The third-order valence-electron chi connectivity index (χ3n) is 5.22. The van der Waals surface area contributed by atoms with E-state index in [9.17, 15) is 9.18 Å². The fourth-order valence-corrected chi connectivity index (χ4v) is 3.74.